The maximum atomic E-state index is 12.7. The van der Waals surface area contributed by atoms with E-state index in [1.807, 2.05) is 13.0 Å². The number of carbonyl (C=O) groups excluding carboxylic acids is 3. The van der Waals surface area contributed by atoms with Gasteiger partial charge in [-0.1, -0.05) is 19.4 Å². The summed E-state index contributed by atoms with van der Waals surface area (Å²) in [4.78, 5) is 40.7. The SMILES string of the molecule is CCCc1cc(C(=O)NCCN2C(=O)S/C(=C\c3ccc4c(c3)OCO4)C2=O)sc1C. The van der Waals surface area contributed by atoms with Crippen molar-refractivity contribution in [1.29, 1.82) is 0 Å². The Morgan fingerprint density at radius 2 is 2.03 bits per heavy atom. The molecule has 4 rings (SSSR count). The molecule has 0 unspecified atom stereocenters. The van der Waals surface area contributed by atoms with Gasteiger partial charge in [-0.05, 0) is 60.5 Å². The van der Waals surface area contributed by atoms with Crippen molar-refractivity contribution in [2.24, 2.45) is 0 Å². The first kappa shape index (κ1) is 21.5. The monoisotopic (exact) mass is 458 g/mol. The van der Waals surface area contributed by atoms with Crippen LogP contribution in [0, 0.1) is 6.92 Å². The minimum Gasteiger partial charge on any atom is -0.454 e. The van der Waals surface area contributed by atoms with Crippen molar-refractivity contribution < 1.29 is 23.9 Å². The van der Waals surface area contributed by atoms with Gasteiger partial charge < -0.3 is 14.8 Å². The van der Waals surface area contributed by atoms with E-state index >= 15 is 0 Å². The number of thiophene rings is 1. The van der Waals surface area contributed by atoms with Gasteiger partial charge in [0.1, 0.15) is 0 Å². The number of nitrogens with zero attached hydrogens (tertiary/aromatic N) is 1. The van der Waals surface area contributed by atoms with Crippen molar-refractivity contribution >= 4 is 46.2 Å². The molecule has 0 spiro atoms. The number of thioether (sulfide) groups is 1. The first-order valence-corrected chi connectivity index (χ1v) is 11.6. The van der Waals surface area contributed by atoms with Gasteiger partial charge in [-0.15, -0.1) is 11.3 Å². The van der Waals surface area contributed by atoms with Crippen LogP contribution in [0.2, 0.25) is 0 Å². The van der Waals surface area contributed by atoms with Crippen LogP contribution < -0.4 is 14.8 Å². The highest BCUT2D eigenvalue weighted by Gasteiger charge is 2.34. The van der Waals surface area contributed by atoms with Crippen LogP contribution in [-0.2, 0) is 11.2 Å². The summed E-state index contributed by atoms with van der Waals surface area (Å²) in [6.45, 7) is 4.62. The molecule has 3 amide bonds. The minimum atomic E-state index is -0.362. The number of nitrogens with one attached hydrogen (secondary N) is 1. The van der Waals surface area contributed by atoms with Crippen molar-refractivity contribution in [2.75, 3.05) is 19.9 Å². The summed E-state index contributed by atoms with van der Waals surface area (Å²) >= 11 is 2.36. The second kappa shape index (κ2) is 9.15. The van der Waals surface area contributed by atoms with Gasteiger partial charge in [0.15, 0.2) is 11.5 Å². The number of imide groups is 1. The highest BCUT2D eigenvalue weighted by molar-refractivity contribution is 8.18. The van der Waals surface area contributed by atoms with E-state index in [4.69, 9.17) is 9.47 Å². The Bertz CT molecular complexity index is 1080. The summed E-state index contributed by atoms with van der Waals surface area (Å²) in [5.74, 6) is 0.725. The van der Waals surface area contributed by atoms with E-state index in [9.17, 15) is 14.4 Å². The van der Waals surface area contributed by atoms with E-state index in [0.29, 0.717) is 21.3 Å². The molecule has 31 heavy (non-hydrogen) atoms. The van der Waals surface area contributed by atoms with Gasteiger partial charge in [0.05, 0.1) is 9.78 Å². The number of rotatable bonds is 7. The third kappa shape index (κ3) is 4.62. The van der Waals surface area contributed by atoms with Crippen molar-refractivity contribution in [3.05, 3.63) is 50.1 Å². The topological polar surface area (TPSA) is 84.9 Å². The Labute approximate surface area is 188 Å². The van der Waals surface area contributed by atoms with Crippen LogP contribution in [-0.4, -0.2) is 41.8 Å². The molecule has 1 aromatic carbocycles. The lowest BCUT2D eigenvalue weighted by Crippen LogP contribution is -2.37. The van der Waals surface area contributed by atoms with Crippen molar-refractivity contribution in [3.63, 3.8) is 0 Å². The summed E-state index contributed by atoms with van der Waals surface area (Å²) in [5.41, 5.74) is 1.94. The Morgan fingerprint density at radius 3 is 2.84 bits per heavy atom. The lowest BCUT2D eigenvalue weighted by atomic mass is 10.1. The third-order valence-corrected chi connectivity index (χ3v) is 6.95. The fourth-order valence-corrected chi connectivity index (χ4v) is 5.22. The summed E-state index contributed by atoms with van der Waals surface area (Å²) in [6.07, 6.45) is 3.63. The Balaban J connectivity index is 1.35. The molecular formula is C22H22N2O5S2. The molecule has 0 bridgehead atoms. The van der Waals surface area contributed by atoms with Gasteiger partial charge in [-0.25, -0.2) is 0 Å². The predicted octanol–water partition coefficient (Wildman–Crippen LogP) is 4.20. The Hall–Kier alpha value is -2.78. The van der Waals surface area contributed by atoms with E-state index < -0.39 is 0 Å². The maximum absolute atomic E-state index is 12.7. The van der Waals surface area contributed by atoms with Crippen LogP contribution in [0.3, 0.4) is 0 Å². The zero-order valence-electron chi connectivity index (χ0n) is 17.2. The molecule has 0 radical (unpaired) electrons. The van der Waals surface area contributed by atoms with E-state index in [-0.39, 0.29) is 36.9 Å². The molecule has 1 fully saturated rings. The standard InChI is InChI=1S/C22H22N2O5S2/c1-3-4-15-11-18(30-13(15)2)20(25)23-7-8-24-21(26)19(31-22(24)27)10-14-5-6-16-17(9-14)29-12-28-16/h5-6,9-11H,3-4,7-8,12H2,1-2H3,(H,23,25)/b19-10-. The number of hydrogen-bond donors (Lipinski definition) is 1. The molecule has 3 heterocycles. The van der Waals surface area contributed by atoms with Crippen molar-refractivity contribution in [2.45, 2.75) is 26.7 Å². The molecule has 1 saturated heterocycles. The fraction of sp³-hybridized carbons (Fsp3) is 0.318. The van der Waals surface area contributed by atoms with Crippen molar-refractivity contribution in [1.82, 2.24) is 10.2 Å². The number of aryl methyl sites for hydroxylation is 2. The lowest BCUT2D eigenvalue weighted by molar-refractivity contribution is -0.122. The van der Waals surface area contributed by atoms with Gasteiger partial charge in [0.25, 0.3) is 17.1 Å². The zero-order valence-corrected chi connectivity index (χ0v) is 18.9. The average molecular weight is 459 g/mol. The van der Waals surface area contributed by atoms with E-state index in [1.165, 1.54) is 16.9 Å². The highest BCUT2D eigenvalue weighted by Crippen LogP contribution is 2.36. The third-order valence-electron chi connectivity index (χ3n) is 4.95. The number of carbonyl (C=O) groups is 3. The van der Waals surface area contributed by atoms with Crippen LogP contribution in [0.5, 0.6) is 11.5 Å². The fourth-order valence-electron chi connectivity index (χ4n) is 3.36. The molecule has 9 heteroatoms. The number of fused-ring (bicyclic) bond motifs is 1. The maximum Gasteiger partial charge on any atom is 0.293 e. The van der Waals surface area contributed by atoms with Gasteiger partial charge in [0, 0.05) is 18.0 Å². The molecule has 2 aromatic rings. The minimum absolute atomic E-state index is 0.126. The van der Waals surface area contributed by atoms with Crippen LogP contribution in [0.15, 0.2) is 29.2 Å². The molecule has 0 atom stereocenters. The van der Waals surface area contributed by atoms with E-state index in [2.05, 4.69) is 12.2 Å². The molecular weight excluding hydrogens is 436 g/mol. The van der Waals surface area contributed by atoms with Crippen LogP contribution in [0.4, 0.5) is 4.79 Å². The Morgan fingerprint density at radius 1 is 1.23 bits per heavy atom. The van der Waals surface area contributed by atoms with Crippen LogP contribution in [0.1, 0.15) is 39.0 Å². The van der Waals surface area contributed by atoms with Crippen LogP contribution >= 0.6 is 23.1 Å². The number of hydrogen-bond acceptors (Lipinski definition) is 7. The molecule has 1 aromatic heterocycles. The number of ether oxygens (including phenoxy) is 2. The molecule has 1 N–H and O–H groups in total. The second-order valence-electron chi connectivity index (χ2n) is 7.14. The highest BCUT2D eigenvalue weighted by atomic mass is 32.2. The van der Waals surface area contributed by atoms with E-state index in [0.717, 1.165) is 39.9 Å². The molecule has 2 aliphatic heterocycles. The molecule has 2 aliphatic rings. The number of benzene rings is 1. The average Bonchev–Trinajstić information content (AvgIpc) is 3.42. The molecule has 162 valence electrons. The smallest absolute Gasteiger partial charge is 0.293 e. The summed E-state index contributed by atoms with van der Waals surface area (Å²) < 4.78 is 10.6. The van der Waals surface area contributed by atoms with E-state index in [1.54, 1.807) is 24.3 Å². The first-order chi connectivity index (χ1) is 15.0. The summed E-state index contributed by atoms with van der Waals surface area (Å²) in [6, 6.07) is 7.27. The normalized spacial score (nSPS) is 16.5. The molecule has 0 aliphatic carbocycles. The second-order valence-corrected chi connectivity index (χ2v) is 9.39. The number of amides is 3. The summed E-state index contributed by atoms with van der Waals surface area (Å²) in [5, 5.41) is 2.46. The van der Waals surface area contributed by atoms with Crippen molar-refractivity contribution in [3.8, 4) is 11.5 Å². The molecule has 7 nitrogen and oxygen atoms in total. The largest absolute Gasteiger partial charge is 0.454 e. The molecule has 0 saturated carbocycles. The quantitative estimate of drug-likeness (QED) is 0.626. The van der Waals surface area contributed by atoms with Crippen LogP contribution in [0.25, 0.3) is 6.08 Å². The summed E-state index contributed by atoms with van der Waals surface area (Å²) in [7, 11) is 0. The Kier molecular flexibility index (Phi) is 6.33. The van der Waals surface area contributed by atoms with Gasteiger partial charge in [0.2, 0.25) is 6.79 Å². The van der Waals surface area contributed by atoms with Gasteiger partial charge in [-0.3, -0.25) is 19.3 Å². The van der Waals surface area contributed by atoms with Gasteiger partial charge in [-0.2, -0.15) is 0 Å². The lowest BCUT2D eigenvalue weighted by Gasteiger charge is -2.12. The zero-order chi connectivity index (χ0) is 22.0. The predicted molar refractivity (Wildman–Crippen MR) is 121 cm³/mol. The van der Waals surface area contributed by atoms with Gasteiger partial charge >= 0.3 is 0 Å². The first-order valence-electron chi connectivity index (χ1n) is 9.98.